The van der Waals surface area contributed by atoms with Gasteiger partial charge in [0.15, 0.2) is 0 Å². The van der Waals surface area contributed by atoms with Gasteiger partial charge in [0.1, 0.15) is 32.7 Å². The minimum Gasteiger partial charge on any atom is -0.396 e. The van der Waals surface area contributed by atoms with Gasteiger partial charge in [0.25, 0.3) is 17.8 Å². The molecule has 0 bridgehead atoms. The summed E-state index contributed by atoms with van der Waals surface area (Å²) in [4.78, 5) is 0. The van der Waals surface area contributed by atoms with E-state index in [0.717, 1.165) is 0 Å². The van der Waals surface area contributed by atoms with E-state index in [9.17, 15) is 43.9 Å². The van der Waals surface area contributed by atoms with Crippen molar-refractivity contribution < 1.29 is 63.6 Å². The van der Waals surface area contributed by atoms with Crippen molar-refractivity contribution in [2.24, 2.45) is 0 Å². The normalized spacial score (nSPS) is 14.8. The van der Waals surface area contributed by atoms with Crippen molar-refractivity contribution >= 4 is 0 Å². The fourth-order valence-electron chi connectivity index (χ4n) is 1.59. The first-order valence-corrected chi connectivity index (χ1v) is 6.84. The summed E-state index contributed by atoms with van der Waals surface area (Å²) < 4.78 is 136. The summed E-state index contributed by atoms with van der Waals surface area (Å²) in [6, 6.07) is 0. The highest BCUT2D eigenvalue weighted by atomic mass is 19.3. The van der Waals surface area contributed by atoms with E-state index in [4.69, 9.17) is 10.2 Å². The van der Waals surface area contributed by atoms with Crippen LogP contribution in [0.15, 0.2) is 0 Å². The predicted octanol–water partition coefficient (Wildman–Crippen LogP) is 3.27. The summed E-state index contributed by atoms with van der Waals surface area (Å²) in [5, 5.41) is 16.4. The highest BCUT2D eigenvalue weighted by Crippen LogP contribution is 2.40. The Bertz CT molecular complexity index is 430. The average molecular weight is 414 g/mol. The van der Waals surface area contributed by atoms with Gasteiger partial charge in [-0.3, -0.25) is 4.74 Å². The van der Waals surface area contributed by atoms with E-state index < -0.39 is 75.7 Å². The van der Waals surface area contributed by atoms with Gasteiger partial charge in [-0.05, 0) is 0 Å². The Balaban J connectivity index is 4.70. The van der Waals surface area contributed by atoms with Crippen molar-refractivity contribution in [2.45, 2.75) is 49.2 Å². The SMILES string of the molecule is OCCC(F)(F)COCC(F)(F)CC(F)(F)OC(F)(F)CC(F)(F)CO. The lowest BCUT2D eigenvalue weighted by atomic mass is 10.2. The Kier molecular flexibility index (Phi) is 8.59. The molecule has 4 nitrogen and oxygen atoms in total. The molecule has 0 aromatic heterocycles. The molecule has 0 atom stereocenters. The van der Waals surface area contributed by atoms with Gasteiger partial charge in [-0.15, -0.1) is 0 Å². The molecule has 2 N–H and O–H groups in total. The minimum atomic E-state index is -5.31. The van der Waals surface area contributed by atoms with Gasteiger partial charge < -0.3 is 14.9 Å². The van der Waals surface area contributed by atoms with Crippen LogP contribution in [0.2, 0.25) is 0 Å². The van der Waals surface area contributed by atoms with Crippen LogP contribution in [-0.2, 0) is 9.47 Å². The molecule has 0 aliphatic carbocycles. The Morgan fingerprint density at radius 1 is 0.615 bits per heavy atom. The number of halogens is 10. The van der Waals surface area contributed by atoms with Crippen LogP contribution >= 0.6 is 0 Å². The molecule has 0 spiro atoms. The van der Waals surface area contributed by atoms with Gasteiger partial charge in [0.05, 0.1) is 0 Å². The smallest absolute Gasteiger partial charge is 0.366 e. The molecule has 26 heavy (non-hydrogen) atoms. The lowest BCUT2D eigenvalue weighted by molar-refractivity contribution is -0.398. The molecule has 0 aromatic carbocycles. The third kappa shape index (κ3) is 11.0. The van der Waals surface area contributed by atoms with Crippen LogP contribution in [-0.4, -0.2) is 66.6 Å². The molecular weight excluding hydrogens is 398 g/mol. The summed E-state index contributed by atoms with van der Waals surface area (Å²) >= 11 is 0. The maximum atomic E-state index is 13.2. The van der Waals surface area contributed by atoms with Crippen molar-refractivity contribution in [3.8, 4) is 0 Å². The largest absolute Gasteiger partial charge is 0.396 e. The van der Waals surface area contributed by atoms with E-state index in [2.05, 4.69) is 9.47 Å². The molecule has 0 radical (unpaired) electrons. The molecule has 0 fully saturated rings. The zero-order valence-corrected chi connectivity index (χ0v) is 12.9. The van der Waals surface area contributed by atoms with Crippen molar-refractivity contribution in [1.29, 1.82) is 0 Å². The van der Waals surface area contributed by atoms with E-state index in [1.54, 1.807) is 0 Å². The number of aliphatic hydroxyl groups excluding tert-OH is 2. The van der Waals surface area contributed by atoms with Crippen molar-refractivity contribution in [1.82, 2.24) is 0 Å². The Morgan fingerprint density at radius 2 is 1.04 bits per heavy atom. The van der Waals surface area contributed by atoms with E-state index in [0.29, 0.717) is 0 Å². The van der Waals surface area contributed by atoms with E-state index >= 15 is 0 Å². The second-order valence-corrected chi connectivity index (χ2v) is 5.42. The highest BCUT2D eigenvalue weighted by molar-refractivity contribution is 4.76. The maximum Gasteiger partial charge on any atom is 0.366 e. The van der Waals surface area contributed by atoms with Gasteiger partial charge in [0.2, 0.25) is 0 Å². The summed E-state index contributed by atoms with van der Waals surface area (Å²) in [6.07, 6.45) is -17.2. The molecule has 158 valence electrons. The molecule has 0 amide bonds. The fourth-order valence-corrected chi connectivity index (χ4v) is 1.59. The summed E-state index contributed by atoms with van der Waals surface area (Å²) in [6.45, 7) is -6.81. The van der Waals surface area contributed by atoms with Gasteiger partial charge in [0, 0.05) is 13.0 Å². The Hall–Kier alpha value is -0.860. The molecule has 0 saturated carbocycles. The van der Waals surface area contributed by atoms with Crippen molar-refractivity contribution in [3.05, 3.63) is 0 Å². The number of aliphatic hydroxyl groups is 2. The number of rotatable bonds is 13. The zero-order chi connectivity index (χ0) is 20.9. The lowest BCUT2D eigenvalue weighted by Gasteiger charge is -2.28. The van der Waals surface area contributed by atoms with Crippen molar-refractivity contribution in [2.75, 3.05) is 26.4 Å². The molecule has 0 aliphatic heterocycles. The van der Waals surface area contributed by atoms with E-state index in [1.165, 1.54) is 0 Å². The molecule has 0 aliphatic rings. The van der Waals surface area contributed by atoms with E-state index in [1.807, 2.05) is 0 Å². The standard InChI is InChI=1S/C12H16F10O4/c13-8(14,1-2-23)6-25-7-10(17,18)4-12(21,22)26-11(19,20)3-9(15,16)5-24/h23-24H,1-7H2. The number of ether oxygens (including phenoxy) is 2. The lowest BCUT2D eigenvalue weighted by Crippen LogP contribution is -2.43. The van der Waals surface area contributed by atoms with Crippen LogP contribution in [0, 0.1) is 0 Å². The molecule has 0 unspecified atom stereocenters. The topological polar surface area (TPSA) is 58.9 Å². The monoisotopic (exact) mass is 414 g/mol. The third-order valence-corrected chi connectivity index (χ3v) is 2.56. The highest BCUT2D eigenvalue weighted by Gasteiger charge is 2.54. The summed E-state index contributed by atoms with van der Waals surface area (Å²) in [5.74, 6) is -12.9. The Labute approximate surface area is 140 Å². The van der Waals surface area contributed by atoms with Gasteiger partial charge in [-0.2, -0.15) is 17.6 Å². The summed E-state index contributed by atoms with van der Waals surface area (Å²) in [7, 11) is 0. The molecule has 0 heterocycles. The molecular formula is C12H16F10O4. The van der Waals surface area contributed by atoms with Crippen LogP contribution in [0.5, 0.6) is 0 Å². The number of hydrogen-bond donors (Lipinski definition) is 2. The molecule has 0 aromatic rings. The van der Waals surface area contributed by atoms with E-state index in [-0.39, 0.29) is 0 Å². The Morgan fingerprint density at radius 3 is 1.46 bits per heavy atom. The van der Waals surface area contributed by atoms with Gasteiger partial charge in [-0.25, -0.2) is 26.3 Å². The third-order valence-electron chi connectivity index (χ3n) is 2.56. The van der Waals surface area contributed by atoms with Gasteiger partial charge in [-0.1, -0.05) is 0 Å². The van der Waals surface area contributed by atoms with Gasteiger partial charge >= 0.3 is 12.2 Å². The molecule has 0 saturated heterocycles. The first-order valence-electron chi connectivity index (χ1n) is 6.84. The average Bonchev–Trinajstić information content (AvgIpc) is 2.33. The number of alkyl halides is 10. The van der Waals surface area contributed by atoms with Crippen LogP contribution in [0.25, 0.3) is 0 Å². The quantitative estimate of drug-likeness (QED) is 0.455. The first kappa shape index (κ1) is 25.1. The van der Waals surface area contributed by atoms with Crippen LogP contribution in [0.3, 0.4) is 0 Å². The van der Waals surface area contributed by atoms with Crippen LogP contribution in [0.4, 0.5) is 43.9 Å². The second kappa shape index (κ2) is 8.89. The first-order chi connectivity index (χ1) is 11.4. The predicted molar refractivity (Wildman–Crippen MR) is 64.7 cm³/mol. The molecule has 14 heteroatoms. The fraction of sp³-hybridized carbons (Fsp3) is 1.00. The minimum absolute atomic E-state index is 1.01. The zero-order valence-electron chi connectivity index (χ0n) is 12.9. The van der Waals surface area contributed by atoms with Crippen molar-refractivity contribution in [3.63, 3.8) is 0 Å². The molecule has 0 rings (SSSR count). The number of hydrogen-bond acceptors (Lipinski definition) is 4. The maximum absolute atomic E-state index is 13.2. The van der Waals surface area contributed by atoms with Crippen LogP contribution < -0.4 is 0 Å². The van der Waals surface area contributed by atoms with Crippen LogP contribution in [0.1, 0.15) is 19.3 Å². The second-order valence-electron chi connectivity index (χ2n) is 5.42. The summed E-state index contributed by atoms with van der Waals surface area (Å²) in [5.41, 5.74) is 0.